The molecule has 1 aromatic carbocycles. The first-order valence-corrected chi connectivity index (χ1v) is 6.54. The quantitative estimate of drug-likeness (QED) is 0.682. The second-order valence-corrected chi connectivity index (χ2v) is 4.70. The fourth-order valence-electron chi connectivity index (χ4n) is 1.99. The normalized spacial score (nSPS) is 12.5. The number of hydrogen-bond donors (Lipinski definition) is 0. The second kappa shape index (κ2) is 5.35. The number of hydrogen-bond acceptors (Lipinski definition) is 6. The van der Waals surface area contributed by atoms with E-state index in [1.165, 1.54) is 0 Å². The van der Waals surface area contributed by atoms with E-state index >= 15 is 0 Å². The molecule has 21 heavy (non-hydrogen) atoms. The van der Waals surface area contributed by atoms with Crippen LogP contribution in [0.15, 0.2) is 35.0 Å². The Morgan fingerprint density at radius 1 is 1.43 bits per heavy atom. The van der Waals surface area contributed by atoms with Gasteiger partial charge in [-0.15, -0.1) is 0 Å². The average molecular weight is 286 g/mol. The van der Waals surface area contributed by atoms with Crippen LogP contribution in [0.1, 0.15) is 24.7 Å². The van der Waals surface area contributed by atoms with Gasteiger partial charge in [-0.1, -0.05) is 23.4 Å². The summed E-state index contributed by atoms with van der Waals surface area (Å²) in [6.45, 7) is 3.42. The van der Waals surface area contributed by atoms with Crippen LogP contribution < -0.4 is 0 Å². The molecule has 0 bridgehead atoms. The number of ether oxygens (including phenoxy) is 1. The van der Waals surface area contributed by atoms with Gasteiger partial charge >= 0.3 is 5.97 Å². The van der Waals surface area contributed by atoms with Crippen molar-refractivity contribution in [3.8, 4) is 0 Å². The molecular weight excluding hydrogens is 272 g/mol. The van der Waals surface area contributed by atoms with Gasteiger partial charge in [0.15, 0.2) is 11.9 Å². The molecule has 3 rings (SSSR count). The van der Waals surface area contributed by atoms with Crippen LogP contribution >= 0.6 is 0 Å². The molecule has 0 amide bonds. The van der Waals surface area contributed by atoms with E-state index < -0.39 is 12.1 Å². The zero-order valence-electron chi connectivity index (χ0n) is 11.7. The number of carbonyl (C=O) groups is 1. The molecule has 1 atom stereocenters. The fraction of sp³-hybridized carbons (Fsp3) is 0.286. The summed E-state index contributed by atoms with van der Waals surface area (Å²) in [7, 11) is 0. The van der Waals surface area contributed by atoms with E-state index in [0.29, 0.717) is 5.82 Å². The summed E-state index contributed by atoms with van der Waals surface area (Å²) in [6.07, 6.45) is 1.22. The van der Waals surface area contributed by atoms with Gasteiger partial charge in [-0.2, -0.15) is 10.1 Å². The third-order valence-corrected chi connectivity index (χ3v) is 2.95. The molecule has 0 fully saturated rings. The Kier molecular flexibility index (Phi) is 3.39. The molecule has 7 heteroatoms. The number of fused-ring (bicyclic) bond motifs is 1. The Bertz CT molecular complexity index is 744. The molecule has 0 aliphatic heterocycles. The molecule has 0 aliphatic carbocycles. The summed E-state index contributed by atoms with van der Waals surface area (Å²) >= 11 is 0. The molecule has 0 saturated carbocycles. The van der Waals surface area contributed by atoms with Crippen LogP contribution in [0.5, 0.6) is 0 Å². The van der Waals surface area contributed by atoms with Gasteiger partial charge < -0.3 is 9.26 Å². The number of aryl methyl sites for hydroxylation is 1. The maximum absolute atomic E-state index is 11.9. The number of aromatic nitrogens is 4. The van der Waals surface area contributed by atoms with E-state index in [1.807, 2.05) is 24.3 Å². The molecule has 7 nitrogen and oxygen atoms in total. The minimum absolute atomic E-state index is 0.0339. The minimum Gasteiger partial charge on any atom is -0.451 e. The van der Waals surface area contributed by atoms with Crippen molar-refractivity contribution in [1.82, 2.24) is 19.9 Å². The van der Waals surface area contributed by atoms with E-state index in [4.69, 9.17) is 9.26 Å². The lowest BCUT2D eigenvalue weighted by atomic mass is 10.3. The summed E-state index contributed by atoms with van der Waals surface area (Å²) in [5, 5.41) is 8.94. The van der Waals surface area contributed by atoms with Gasteiger partial charge in [-0.05, 0) is 19.9 Å². The van der Waals surface area contributed by atoms with E-state index in [1.54, 1.807) is 24.7 Å². The van der Waals surface area contributed by atoms with Crippen LogP contribution in [-0.4, -0.2) is 25.9 Å². The van der Waals surface area contributed by atoms with Crippen molar-refractivity contribution in [1.29, 1.82) is 0 Å². The van der Waals surface area contributed by atoms with Crippen LogP contribution in [0.4, 0.5) is 0 Å². The van der Waals surface area contributed by atoms with E-state index in [0.717, 1.165) is 10.9 Å². The number of carbonyl (C=O) groups excluding carboxylic acids is 1. The molecule has 0 aliphatic rings. The zero-order chi connectivity index (χ0) is 14.8. The van der Waals surface area contributed by atoms with Gasteiger partial charge in [-0.3, -0.25) is 9.48 Å². The van der Waals surface area contributed by atoms with E-state index in [9.17, 15) is 4.79 Å². The number of rotatable bonds is 4. The molecule has 0 N–H and O–H groups in total. The Hall–Kier alpha value is -2.70. The van der Waals surface area contributed by atoms with Crippen LogP contribution in [0.25, 0.3) is 10.9 Å². The van der Waals surface area contributed by atoms with E-state index in [-0.39, 0.29) is 12.4 Å². The molecule has 0 spiro atoms. The second-order valence-electron chi connectivity index (χ2n) is 4.70. The summed E-state index contributed by atoms with van der Waals surface area (Å²) < 4.78 is 11.8. The lowest BCUT2D eigenvalue weighted by molar-refractivity contribution is -0.150. The third kappa shape index (κ3) is 2.91. The van der Waals surface area contributed by atoms with Gasteiger partial charge in [0.2, 0.25) is 0 Å². The highest BCUT2D eigenvalue weighted by Crippen LogP contribution is 2.15. The van der Waals surface area contributed by atoms with Crippen LogP contribution in [0.2, 0.25) is 0 Å². The highest BCUT2D eigenvalue weighted by atomic mass is 16.6. The molecule has 0 radical (unpaired) electrons. The Balaban J connectivity index is 1.66. The van der Waals surface area contributed by atoms with Crippen molar-refractivity contribution in [2.75, 3.05) is 0 Å². The minimum atomic E-state index is -0.580. The number of nitrogens with zero attached hydrogens (tertiary/aromatic N) is 4. The summed E-state index contributed by atoms with van der Waals surface area (Å²) in [5.74, 6) is 0.379. The number of esters is 1. The number of benzene rings is 1. The van der Waals surface area contributed by atoms with Crippen LogP contribution in [0, 0.1) is 6.92 Å². The van der Waals surface area contributed by atoms with E-state index in [2.05, 4.69) is 15.2 Å². The standard InChI is InChI=1S/C14H14N4O3/c1-9(14-15-10(2)17-21-14)20-13(19)8-18-7-11-5-3-4-6-12(11)16-18/h3-7,9H,8H2,1-2H3. The fourth-order valence-corrected chi connectivity index (χ4v) is 1.99. The lowest BCUT2D eigenvalue weighted by Crippen LogP contribution is -2.16. The molecule has 108 valence electrons. The molecular formula is C14H14N4O3. The van der Waals surface area contributed by atoms with Gasteiger partial charge in [0.05, 0.1) is 5.52 Å². The highest BCUT2D eigenvalue weighted by Gasteiger charge is 2.18. The summed E-state index contributed by atoms with van der Waals surface area (Å²) in [5.41, 5.74) is 0.839. The third-order valence-electron chi connectivity index (χ3n) is 2.95. The first-order chi connectivity index (χ1) is 10.1. The van der Waals surface area contributed by atoms with Crippen molar-refractivity contribution in [3.63, 3.8) is 0 Å². The first-order valence-electron chi connectivity index (χ1n) is 6.54. The van der Waals surface area contributed by atoms with Crippen LogP contribution in [-0.2, 0) is 16.1 Å². The van der Waals surface area contributed by atoms with Gasteiger partial charge in [-0.25, -0.2) is 0 Å². The lowest BCUT2D eigenvalue weighted by Gasteiger charge is -2.08. The maximum atomic E-state index is 11.9. The van der Waals surface area contributed by atoms with Crippen molar-refractivity contribution in [2.45, 2.75) is 26.5 Å². The van der Waals surface area contributed by atoms with Gasteiger partial charge in [0.25, 0.3) is 5.89 Å². The molecule has 1 unspecified atom stereocenters. The topological polar surface area (TPSA) is 83.0 Å². The monoisotopic (exact) mass is 286 g/mol. The van der Waals surface area contributed by atoms with Crippen molar-refractivity contribution >= 4 is 16.9 Å². The van der Waals surface area contributed by atoms with Crippen molar-refractivity contribution in [2.24, 2.45) is 0 Å². The van der Waals surface area contributed by atoms with Crippen molar-refractivity contribution in [3.05, 3.63) is 42.2 Å². The molecule has 2 heterocycles. The zero-order valence-corrected chi connectivity index (χ0v) is 11.7. The Morgan fingerprint density at radius 3 is 2.95 bits per heavy atom. The smallest absolute Gasteiger partial charge is 0.328 e. The van der Waals surface area contributed by atoms with Gasteiger partial charge in [0, 0.05) is 11.6 Å². The summed E-state index contributed by atoms with van der Waals surface area (Å²) in [6, 6.07) is 7.65. The SMILES string of the molecule is Cc1noc(C(C)OC(=O)Cn2cc3ccccc3n2)n1. The Morgan fingerprint density at radius 2 is 2.24 bits per heavy atom. The predicted molar refractivity (Wildman–Crippen MR) is 73.3 cm³/mol. The maximum Gasteiger partial charge on any atom is 0.328 e. The molecule has 3 aromatic rings. The highest BCUT2D eigenvalue weighted by molar-refractivity contribution is 5.78. The van der Waals surface area contributed by atoms with Crippen molar-refractivity contribution < 1.29 is 14.1 Å². The Labute approximate surface area is 120 Å². The predicted octanol–water partition coefficient (Wildman–Crippen LogP) is 2.03. The van der Waals surface area contributed by atoms with Gasteiger partial charge in [0.1, 0.15) is 6.54 Å². The van der Waals surface area contributed by atoms with Crippen LogP contribution in [0.3, 0.4) is 0 Å². The first kappa shape index (κ1) is 13.3. The summed E-state index contributed by atoms with van der Waals surface area (Å²) in [4.78, 5) is 15.9. The largest absolute Gasteiger partial charge is 0.451 e. The molecule has 0 saturated heterocycles. The molecule has 2 aromatic heterocycles. The average Bonchev–Trinajstić information content (AvgIpc) is 3.03.